The Morgan fingerprint density at radius 1 is 1.17 bits per heavy atom. The average molecular weight is 512 g/mol. The van der Waals surface area contributed by atoms with E-state index in [1.54, 1.807) is 16.9 Å². The lowest BCUT2D eigenvalue weighted by atomic mass is 10.0. The lowest BCUT2D eigenvalue weighted by molar-refractivity contribution is 0.361. The summed E-state index contributed by atoms with van der Waals surface area (Å²) in [6.45, 7) is 0.556. The van der Waals surface area contributed by atoms with Crippen LogP contribution in [0.15, 0.2) is 64.7 Å². The summed E-state index contributed by atoms with van der Waals surface area (Å²) >= 11 is 12.1. The number of nitriles is 1. The van der Waals surface area contributed by atoms with E-state index in [1.807, 2.05) is 17.2 Å². The summed E-state index contributed by atoms with van der Waals surface area (Å²) < 4.78 is 17.9. The Balaban J connectivity index is 1.78. The zero-order valence-corrected chi connectivity index (χ0v) is 19.5. The van der Waals surface area contributed by atoms with Gasteiger partial charge in [0.25, 0.3) is 5.56 Å². The molecule has 1 aromatic carbocycles. The van der Waals surface area contributed by atoms with E-state index in [2.05, 4.69) is 10.1 Å². The number of benzene rings is 1. The summed E-state index contributed by atoms with van der Waals surface area (Å²) in [6, 6.07) is 9.12. The Bertz CT molecular complexity index is 1590. The average Bonchev–Trinajstić information content (AvgIpc) is 3.32. The molecule has 0 saturated carbocycles. The predicted octanol–water partition coefficient (Wildman–Crippen LogP) is 3.29. The van der Waals surface area contributed by atoms with E-state index in [-0.39, 0.29) is 39.7 Å². The molecule has 1 fully saturated rings. The van der Waals surface area contributed by atoms with Crippen molar-refractivity contribution >= 4 is 29.0 Å². The van der Waals surface area contributed by atoms with Gasteiger partial charge in [-0.25, -0.2) is 13.8 Å². The van der Waals surface area contributed by atoms with Crippen LogP contribution in [0.1, 0.15) is 6.04 Å². The van der Waals surface area contributed by atoms with Gasteiger partial charge in [0.2, 0.25) is 0 Å². The van der Waals surface area contributed by atoms with Crippen LogP contribution in [0.4, 0.5) is 10.2 Å². The molecule has 3 aromatic heterocycles. The molecule has 0 bridgehead atoms. The van der Waals surface area contributed by atoms with Crippen molar-refractivity contribution in [2.24, 2.45) is 0 Å². The third-order valence-electron chi connectivity index (χ3n) is 5.76. The van der Waals surface area contributed by atoms with Crippen molar-refractivity contribution in [3.05, 3.63) is 91.8 Å². The monoisotopic (exact) mass is 511 g/mol. The van der Waals surface area contributed by atoms with E-state index in [4.69, 9.17) is 23.2 Å². The van der Waals surface area contributed by atoms with Crippen LogP contribution in [-0.2, 0) is 6.54 Å². The second-order valence-corrected chi connectivity index (χ2v) is 8.74. The smallest absolute Gasteiger partial charge is 0.338 e. The van der Waals surface area contributed by atoms with Gasteiger partial charge in [0.1, 0.15) is 18.2 Å². The first-order chi connectivity index (χ1) is 16.9. The first-order valence-corrected chi connectivity index (χ1v) is 11.2. The lowest BCUT2D eigenvalue weighted by Gasteiger charge is -2.42. The van der Waals surface area contributed by atoms with Gasteiger partial charge in [-0.3, -0.25) is 19.0 Å². The molecular formula is C23H16Cl2FN7O2. The summed E-state index contributed by atoms with van der Waals surface area (Å²) in [5.74, 6) is -0.400. The molecule has 0 atom stereocenters. The second-order valence-electron chi connectivity index (χ2n) is 7.90. The number of pyridine rings is 1. The van der Waals surface area contributed by atoms with E-state index in [1.165, 1.54) is 35.2 Å². The molecule has 0 spiro atoms. The molecular weight excluding hydrogens is 496 g/mol. The van der Waals surface area contributed by atoms with E-state index in [0.29, 0.717) is 18.7 Å². The summed E-state index contributed by atoms with van der Waals surface area (Å²) in [5, 5.41) is 13.8. The van der Waals surface area contributed by atoms with Gasteiger partial charge in [0.15, 0.2) is 0 Å². The summed E-state index contributed by atoms with van der Waals surface area (Å²) in [4.78, 5) is 33.2. The highest BCUT2D eigenvalue weighted by molar-refractivity contribution is 6.31. The molecule has 0 N–H and O–H groups in total. The van der Waals surface area contributed by atoms with E-state index in [0.717, 1.165) is 10.6 Å². The van der Waals surface area contributed by atoms with Gasteiger partial charge in [0, 0.05) is 31.7 Å². The molecule has 12 heteroatoms. The number of hydrogen-bond donors (Lipinski definition) is 0. The van der Waals surface area contributed by atoms with Crippen LogP contribution < -0.4 is 16.1 Å². The van der Waals surface area contributed by atoms with Gasteiger partial charge >= 0.3 is 5.69 Å². The Morgan fingerprint density at radius 2 is 1.97 bits per heavy atom. The molecule has 9 nitrogen and oxygen atoms in total. The van der Waals surface area contributed by atoms with Crippen LogP contribution >= 0.6 is 23.2 Å². The molecule has 35 heavy (non-hydrogen) atoms. The van der Waals surface area contributed by atoms with Crippen LogP contribution in [-0.4, -0.2) is 37.0 Å². The zero-order chi connectivity index (χ0) is 24.7. The van der Waals surface area contributed by atoms with Crippen molar-refractivity contribution in [2.75, 3.05) is 18.0 Å². The van der Waals surface area contributed by atoms with Gasteiger partial charge in [-0.1, -0.05) is 29.3 Å². The van der Waals surface area contributed by atoms with Crippen molar-refractivity contribution in [2.45, 2.75) is 12.6 Å². The molecule has 1 aliphatic rings. The lowest BCUT2D eigenvalue weighted by Crippen LogP contribution is -2.52. The fourth-order valence-corrected chi connectivity index (χ4v) is 4.48. The van der Waals surface area contributed by atoms with Crippen LogP contribution in [0.25, 0.3) is 16.8 Å². The van der Waals surface area contributed by atoms with Crippen LogP contribution in [0.2, 0.25) is 10.0 Å². The SMILES string of the molecule is N#CCn1c(N2CC(n3cccn3)C2)c(-c2ccc(F)c(Cl)c2)c(=O)n(-c2cncc(Cl)c2)c1=O. The second kappa shape index (κ2) is 9.02. The summed E-state index contributed by atoms with van der Waals surface area (Å²) in [7, 11) is 0. The molecule has 5 rings (SSSR count). The molecule has 1 aliphatic heterocycles. The number of anilines is 1. The molecule has 0 unspecified atom stereocenters. The minimum absolute atomic E-state index is 0.0138. The fraction of sp³-hybridized carbons (Fsp3) is 0.174. The normalized spacial score (nSPS) is 13.5. The van der Waals surface area contributed by atoms with E-state index < -0.39 is 17.1 Å². The van der Waals surface area contributed by atoms with Crippen molar-refractivity contribution in [3.8, 4) is 22.9 Å². The van der Waals surface area contributed by atoms with Crippen molar-refractivity contribution in [1.29, 1.82) is 5.26 Å². The van der Waals surface area contributed by atoms with Crippen molar-refractivity contribution in [3.63, 3.8) is 0 Å². The molecule has 4 aromatic rings. The number of aromatic nitrogens is 5. The molecule has 0 radical (unpaired) electrons. The largest absolute Gasteiger partial charge is 0.353 e. The zero-order valence-electron chi connectivity index (χ0n) is 18.0. The predicted molar refractivity (Wildman–Crippen MR) is 129 cm³/mol. The van der Waals surface area contributed by atoms with E-state index >= 15 is 0 Å². The van der Waals surface area contributed by atoms with Crippen LogP contribution in [0, 0.1) is 17.1 Å². The number of hydrogen-bond acceptors (Lipinski definition) is 6. The van der Waals surface area contributed by atoms with E-state index in [9.17, 15) is 19.2 Å². The maximum absolute atomic E-state index is 14.0. The maximum Gasteiger partial charge on any atom is 0.338 e. The highest BCUT2D eigenvalue weighted by atomic mass is 35.5. The maximum atomic E-state index is 14.0. The van der Waals surface area contributed by atoms with Gasteiger partial charge < -0.3 is 4.90 Å². The van der Waals surface area contributed by atoms with Gasteiger partial charge in [-0.15, -0.1) is 0 Å². The minimum Gasteiger partial charge on any atom is -0.353 e. The third kappa shape index (κ3) is 3.99. The molecule has 0 aliphatic carbocycles. The fourth-order valence-electron chi connectivity index (χ4n) is 4.13. The summed E-state index contributed by atoms with van der Waals surface area (Å²) in [5.41, 5.74) is -0.864. The third-order valence-corrected chi connectivity index (χ3v) is 6.26. The Hall–Kier alpha value is -3.94. The minimum atomic E-state index is -0.727. The Morgan fingerprint density at radius 3 is 2.63 bits per heavy atom. The van der Waals surface area contributed by atoms with Gasteiger partial charge in [-0.05, 0) is 29.8 Å². The van der Waals surface area contributed by atoms with Gasteiger partial charge in [-0.2, -0.15) is 10.4 Å². The van der Waals surface area contributed by atoms with Crippen LogP contribution in [0.5, 0.6) is 0 Å². The van der Waals surface area contributed by atoms with Crippen LogP contribution in [0.3, 0.4) is 0 Å². The molecule has 1 saturated heterocycles. The number of nitrogens with zero attached hydrogens (tertiary/aromatic N) is 7. The highest BCUT2D eigenvalue weighted by Gasteiger charge is 2.35. The molecule has 176 valence electrons. The topological polar surface area (TPSA) is 102 Å². The quantitative estimate of drug-likeness (QED) is 0.407. The first kappa shape index (κ1) is 22.8. The van der Waals surface area contributed by atoms with Gasteiger partial charge in [0.05, 0.1) is 39.6 Å². The molecule has 4 heterocycles. The van der Waals surface area contributed by atoms with Crippen molar-refractivity contribution in [1.82, 2.24) is 23.9 Å². The number of rotatable bonds is 5. The standard InChI is InChI=1S/C23H16Cl2FN7O2/c24-15-9-16(11-28-10-15)33-22(34)20(14-2-3-19(26)18(25)8-14)21(31(7-4-27)23(33)35)30-12-17(13-30)32-6-1-5-29-32/h1-3,5-6,8-11,17H,7,12-13H2. The van der Waals surface area contributed by atoms with Crippen molar-refractivity contribution < 1.29 is 4.39 Å². The first-order valence-electron chi connectivity index (χ1n) is 10.5. The Labute approximate surface area is 207 Å². The number of halogens is 3. The molecule has 0 amide bonds. The highest BCUT2D eigenvalue weighted by Crippen LogP contribution is 2.35. The Kier molecular flexibility index (Phi) is 5.88. The summed E-state index contributed by atoms with van der Waals surface area (Å²) in [6.07, 6.45) is 6.19.